The maximum atomic E-state index is 5.94. The minimum absolute atomic E-state index is 0.0640. The zero-order chi connectivity index (χ0) is 18.0. The first-order valence-electron chi connectivity index (χ1n) is 8.74. The third kappa shape index (κ3) is 13.1. The zero-order valence-electron chi connectivity index (χ0n) is 15.8. The summed E-state index contributed by atoms with van der Waals surface area (Å²) in [6.45, 7) is 9.36. The van der Waals surface area contributed by atoms with Crippen LogP contribution in [0.4, 0.5) is 0 Å². The largest absolute Gasteiger partial charge is 0.382 e. The molecule has 0 radical (unpaired) electrons. The van der Waals surface area contributed by atoms with Gasteiger partial charge in [0.05, 0.1) is 65.1 Å². The maximum Gasteiger partial charge on any atom is 0.0704 e. The number of nitrogens with two attached hydrogens (primary N) is 1. The van der Waals surface area contributed by atoms with E-state index in [1.807, 2.05) is 0 Å². The van der Waals surface area contributed by atoms with Crippen LogP contribution in [0.15, 0.2) is 0 Å². The Morgan fingerprint density at radius 2 is 1.21 bits per heavy atom. The van der Waals surface area contributed by atoms with Gasteiger partial charge in [-0.3, -0.25) is 0 Å². The van der Waals surface area contributed by atoms with Crippen molar-refractivity contribution in [3.8, 4) is 0 Å². The molecule has 7 heteroatoms. The number of rotatable bonds is 18. The van der Waals surface area contributed by atoms with E-state index in [1.165, 1.54) is 0 Å². The van der Waals surface area contributed by atoms with Crippen LogP contribution in [-0.4, -0.2) is 85.8 Å². The second-order valence-corrected chi connectivity index (χ2v) is 5.63. The Hall–Kier alpha value is -0.280. The van der Waals surface area contributed by atoms with Crippen molar-refractivity contribution < 1.29 is 28.4 Å². The van der Waals surface area contributed by atoms with E-state index < -0.39 is 0 Å². The van der Waals surface area contributed by atoms with E-state index >= 15 is 0 Å². The Morgan fingerprint density at radius 1 is 0.708 bits per heavy atom. The first kappa shape index (κ1) is 23.7. The van der Waals surface area contributed by atoms with Gasteiger partial charge in [-0.15, -0.1) is 0 Å². The third-order valence-electron chi connectivity index (χ3n) is 3.81. The van der Waals surface area contributed by atoms with Crippen molar-refractivity contribution in [2.75, 3.05) is 73.6 Å². The monoisotopic (exact) mass is 351 g/mol. The highest BCUT2D eigenvalue weighted by atomic mass is 16.6. The van der Waals surface area contributed by atoms with Crippen molar-refractivity contribution >= 4 is 0 Å². The summed E-state index contributed by atoms with van der Waals surface area (Å²) >= 11 is 0. The Balaban J connectivity index is 3.81. The zero-order valence-corrected chi connectivity index (χ0v) is 15.8. The summed E-state index contributed by atoms with van der Waals surface area (Å²) in [5, 5.41) is 0. The molecule has 3 unspecified atom stereocenters. The van der Waals surface area contributed by atoms with E-state index in [-0.39, 0.29) is 18.1 Å². The van der Waals surface area contributed by atoms with E-state index in [2.05, 4.69) is 13.8 Å². The van der Waals surface area contributed by atoms with Crippen molar-refractivity contribution in [1.82, 2.24) is 0 Å². The normalized spacial score (nSPS) is 15.4. The van der Waals surface area contributed by atoms with Crippen LogP contribution in [0.5, 0.6) is 0 Å². The van der Waals surface area contributed by atoms with Crippen LogP contribution in [0.1, 0.15) is 20.3 Å². The smallest absolute Gasteiger partial charge is 0.0704 e. The van der Waals surface area contributed by atoms with Crippen molar-refractivity contribution in [3.05, 3.63) is 0 Å². The molecular weight excluding hydrogens is 314 g/mol. The van der Waals surface area contributed by atoms with Crippen molar-refractivity contribution in [3.63, 3.8) is 0 Å². The highest BCUT2D eigenvalue weighted by molar-refractivity contribution is 4.73. The van der Waals surface area contributed by atoms with Crippen LogP contribution < -0.4 is 5.73 Å². The molecule has 0 aromatic carbocycles. The Kier molecular flexibility index (Phi) is 17.3. The first-order chi connectivity index (χ1) is 11.7. The predicted molar refractivity (Wildman–Crippen MR) is 93.4 cm³/mol. The summed E-state index contributed by atoms with van der Waals surface area (Å²) in [5.74, 6) is 0.253. The molecule has 0 fully saturated rings. The van der Waals surface area contributed by atoms with E-state index in [0.29, 0.717) is 59.4 Å². The van der Waals surface area contributed by atoms with Gasteiger partial charge in [0.15, 0.2) is 0 Å². The van der Waals surface area contributed by atoms with Crippen LogP contribution in [0.25, 0.3) is 0 Å². The van der Waals surface area contributed by atoms with Crippen molar-refractivity contribution in [2.24, 2.45) is 11.7 Å². The van der Waals surface area contributed by atoms with E-state index in [0.717, 1.165) is 6.42 Å². The average molecular weight is 351 g/mol. The lowest BCUT2D eigenvalue weighted by Gasteiger charge is -2.29. The van der Waals surface area contributed by atoms with Gasteiger partial charge >= 0.3 is 0 Å². The molecule has 0 aliphatic heterocycles. The van der Waals surface area contributed by atoms with Crippen LogP contribution >= 0.6 is 0 Å². The molecule has 0 amide bonds. The highest BCUT2D eigenvalue weighted by Crippen LogP contribution is 2.17. The molecule has 0 spiro atoms. The molecule has 2 N–H and O–H groups in total. The number of methoxy groups -OCH3 is 2. The molecule has 0 aliphatic carbocycles. The van der Waals surface area contributed by atoms with Crippen LogP contribution in [0, 0.1) is 5.92 Å². The number of ether oxygens (including phenoxy) is 6. The van der Waals surface area contributed by atoms with Gasteiger partial charge in [0.25, 0.3) is 0 Å². The van der Waals surface area contributed by atoms with Crippen molar-refractivity contribution in [2.45, 2.75) is 32.5 Å². The van der Waals surface area contributed by atoms with Gasteiger partial charge in [0, 0.05) is 20.1 Å². The summed E-state index contributed by atoms with van der Waals surface area (Å²) in [6, 6.07) is 0. The maximum absolute atomic E-state index is 5.94. The fourth-order valence-electron chi connectivity index (χ4n) is 2.16. The van der Waals surface area contributed by atoms with Crippen LogP contribution in [-0.2, 0) is 28.4 Å². The van der Waals surface area contributed by atoms with Gasteiger partial charge < -0.3 is 34.2 Å². The molecule has 0 aromatic heterocycles. The lowest BCUT2D eigenvalue weighted by atomic mass is 9.96. The third-order valence-corrected chi connectivity index (χ3v) is 3.81. The van der Waals surface area contributed by atoms with Gasteiger partial charge in [0.2, 0.25) is 0 Å². The quantitative estimate of drug-likeness (QED) is 0.370. The minimum Gasteiger partial charge on any atom is -0.382 e. The molecular formula is C17H37NO6. The second kappa shape index (κ2) is 17.5. The van der Waals surface area contributed by atoms with Gasteiger partial charge in [-0.1, -0.05) is 6.92 Å². The second-order valence-electron chi connectivity index (χ2n) is 5.63. The molecule has 146 valence electrons. The molecule has 0 aromatic rings. The molecule has 0 heterocycles. The predicted octanol–water partition coefficient (Wildman–Crippen LogP) is 1.09. The van der Waals surface area contributed by atoms with E-state index in [9.17, 15) is 0 Å². The van der Waals surface area contributed by atoms with Crippen LogP contribution in [0.2, 0.25) is 0 Å². The molecule has 0 rings (SSSR count). The molecule has 0 saturated heterocycles. The van der Waals surface area contributed by atoms with Crippen molar-refractivity contribution in [1.29, 1.82) is 0 Å². The summed E-state index contributed by atoms with van der Waals surface area (Å²) in [5.41, 5.74) is 5.70. The average Bonchev–Trinajstić information content (AvgIpc) is 2.58. The fourth-order valence-corrected chi connectivity index (χ4v) is 2.16. The van der Waals surface area contributed by atoms with Gasteiger partial charge in [-0.2, -0.15) is 0 Å². The Bertz CT molecular complexity index is 257. The van der Waals surface area contributed by atoms with E-state index in [4.69, 9.17) is 34.2 Å². The standard InChI is InChI=1S/C17H37NO6/c1-15(16(2)23-13-8-20-4)17(5-6-18)24-14-12-22-11-10-21-9-7-19-3/h15-17H,5-14,18H2,1-4H3. The highest BCUT2D eigenvalue weighted by Gasteiger charge is 2.23. The van der Waals surface area contributed by atoms with E-state index in [1.54, 1.807) is 14.2 Å². The van der Waals surface area contributed by atoms with Gasteiger partial charge in [-0.25, -0.2) is 0 Å². The summed E-state index contributed by atoms with van der Waals surface area (Å²) < 4.78 is 32.4. The molecule has 24 heavy (non-hydrogen) atoms. The summed E-state index contributed by atoms with van der Waals surface area (Å²) in [6.07, 6.45) is 0.958. The van der Waals surface area contributed by atoms with Gasteiger partial charge in [-0.05, 0) is 19.9 Å². The van der Waals surface area contributed by atoms with Crippen LogP contribution in [0.3, 0.4) is 0 Å². The lowest BCUT2D eigenvalue weighted by Crippen LogP contribution is -2.34. The number of hydrogen-bond acceptors (Lipinski definition) is 7. The van der Waals surface area contributed by atoms with Gasteiger partial charge in [0.1, 0.15) is 0 Å². The molecule has 7 nitrogen and oxygen atoms in total. The first-order valence-corrected chi connectivity index (χ1v) is 8.74. The SMILES string of the molecule is COCCOCCOCCOC(CCN)C(C)C(C)OCCOC. The Labute approximate surface area is 147 Å². The molecule has 3 atom stereocenters. The Morgan fingerprint density at radius 3 is 1.79 bits per heavy atom. The topological polar surface area (TPSA) is 81.4 Å². The lowest BCUT2D eigenvalue weighted by molar-refractivity contribution is -0.0752. The minimum atomic E-state index is 0.0640. The number of hydrogen-bond donors (Lipinski definition) is 1. The summed E-state index contributed by atoms with van der Waals surface area (Å²) in [7, 11) is 3.32. The molecule has 0 bridgehead atoms. The fraction of sp³-hybridized carbons (Fsp3) is 1.00. The molecule has 0 saturated carbocycles. The summed E-state index contributed by atoms with van der Waals surface area (Å²) in [4.78, 5) is 0. The molecule has 0 aliphatic rings.